The van der Waals surface area contributed by atoms with Crippen molar-refractivity contribution in [2.45, 2.75) is 19.9 Å². The number of hydrogen-bond donors (Lipinski definition) is 2. The summed E-state index contributed by atoms with van der Waals surface area (Å²) < 4.78 is 3.02. The molecule has 0 unspecified atom stereocenters. The Labute approximate surface area is 147 Å². The minimum Gasteiger partial charge on any atom is -0.303 e. The maximum absolute atomic E-state index is 12.2. The fraction of sp³-hybridized carbons (Fsp3) is 0.250. The third-order valence-corrected chi connectivity index (χ3v) is 3.95. The predicted molar refractivity (Wildman–Crippen MR) is 98.6 cm³/mol. The number of hydrazone groups is 1. The smallest absolute Gasteiger partial charge is 0.303 e. The lowest BCUT2D eigenvalue weighted by Crippen LogP contribution is -2.29. The van der Waals surface area contributed by atoms with Crippen molar-refractivity contribution < 1.29 is 0 Å². The summed E-state index contributed by atoms with van der Waals surface area (Å²) in [7, 11) is 1.56. The average molecular weight is 361 g/mol. The molecule has 2 aromatic heterocycles. The van der Waals surface area contributed by atoms with Crippen molar-refractivity contribution >= 4 is 34.9 Å². The Hall–Kier alpha value is -2.87. The first kappa shape index (κ1) is 17.0. The number of aryl methyl sites for hydroxylation is 2. The van der Waals surface area contributed by atoms with Gasteiger partial charge in [-0.3, -0.25) is 14.3 Å². The largest absolute Gasteiger partial charge is 0.329 e. The molecule has 2 heterocycles. The van der Waals surface area contributed by atoms with Crippen molar-refractivity contribution in [2.24, 2.45) is 12.1 Å². The summed E-state index contributed by atoms with van der Waals surface area (Å²) in [6, 6.07) is 7.20. The van der Waals surface area contributed by atoms with Gasteiger partial charge in [-0.2, -0.15) is 10.1 Å². The lowest BCUT2D eigenvalue weighted by Gasteiger charge is -2.05. The first-order valence-corrected chi connectivity index (χ1v) is 8.13. The van der Waals surface area contributed by atoms with Gasteiger partial charge in [0.2, 0.25) is 5.95 Å². The van der Waals surface area contributed by atoms with Crippen LogP contribution in [0.2, 0.25) is 5.02 Å². The molecule has 0 saturated carbocycles. The lowest BCUT2D eigenvalue weighted by molar-refractivity contribution is 0.698. The first-order chi connectivity index (χ1) is 12.0. The Kier molecular flexibility index (Phi) is 4.71. The van der Waals surface area contributed by atoms with E-state index in [1.54, 1.807) is 30.0 Å². The monoisotopic (exact) mass is 360 g/mol. The molecule has 130 valence electrons. The van der Waals surface area contributed by atoms with Gasteiger partial charge in [0.05, 0.1) is 6.21 Å². The molecule has 9 heteroatoms. The van der Waals surface area contributed by atoms with Gasteiger partial charge in [-0.25, -0.2) is 10.2 Å². The van der Waals surface area contributed by atoms with Gasteiger partial charge in [0, 0.05) is 18.6 Å². The van der Waals surface area contributed by atoms with Crippen LogP contribution < -0.4 is 16.7 Å². The molecule has 3 rings (SSSR count). The van der Waals surface area contributed by atoms with E-state index >= 15 is 0 Å². The van der Waals surface area contributed by atoms with Gasteiger partial charge in [0.25, 0.3) is 5.56 Å². The van der Waals surface area contributed by atoms with Crippen LogP contribution in [0, 0.1) is 0 Å². The average Bonchev–Trinajstić information content (AvgIpc) is 2.94. The van der Waals surface area contributed by atoms with E-state index in [0.29, 0.717) is 28.7 Å². The van der Waals surface area contributed by atoms with Gasteiger partial charge in [0.1, 0.15) is 0 Å². The Balaban J connectivity index is 2.00. The zero-order valence-corrected chi connectivity index (χ0v) is 14.5. The molecular formula is C16H17ClN6O2. The van der Waals surface area contributed by atoms with Crippen LogP contribution in [0.4, 0.5) is 5.95 Å². The lowest BCUT2D eigenvalue weighted by atomic mass is 10.2. The zero-order valence-electron chi connectivity index (χ0n) is 13.8. The van der Waals surface area contributed by atoms with Crippen LogP contribution in [0.1, 0.15) is 18.9 Å². The van der Waals surface area contributed by atoms with Crippen molar-refractivity contribution in [1.82, 2.24) is 19.1 Å². The molecule has 0 radical (unpaired) electrons. The minimum atomic E-state index is -0.505. The number of anilines is 1. The molecule has 1 aromatic carbocycles. The summed E-state index contributed by atoms with van der Waals surface area (Å²) in [5, 5.41) is 4.81. The molecule has 3 aromatic rings. The molecule has 0 aliphatic carbocycles. The summed E-state index contributed by atoms with van der Waals surface area (Å²) in [6.45, 7) is 2.55. The van der Waals surface area contributed by atoms with Crippen molar-refractivity contribution in [3.05, 3.63) is 55.7 Å². The number of aromatic nitrogens is 4. The van der Waals surface area contributed by atoms with E-state index in [1.165, 1.54) is 4.57 Å². The Morgan fingerprint density at radius 3 is 2.72 bits per heavy atom. The van der Waals surface area contributed by atoms with Gasteiger partial charge >= 0.3 is 5.69 Å². The van der Waals surface area contributed by atoms with Crippen molar-refractivity contribution in [3.8, 4) is 0 Å². The van der Waals surface area contributed by atoms with Gasteiger partial charge in [-0.1, -0.05) is 30.7 Å². The third-order valence-electron chi connectivity index (χ3n) is 3.70. The minimum absolute atomic E-state index is 0.311. The van der Waals surface area contributed by atoms with Gasteiger partial charge < -0.3 is 4.57 Å². The highest BCUT2D eigenvalue weighted by Gasteiger charge is 2.16. The van der Waals surface area contributed by atoms with E-state index in [9.17, 15) is 9.59 Å². The SMILES string of the molecule is CCCn1c(NN=Cc2ccc(Cl)cc2)nc2c1c(=O)[nH]c(=O)n2C. The molecule has 0 aliphatic rings. The molecule has 8 nitrogen and oxygen atoms in total. The standard InChI is InChI=1S/C16H17ClN6O2/c1-3-8-23-12-13(22(2)16(25)20-14(12)24)19-15(23)21-18-9-10-4-6-11(17)7-5-10/h4-7,9H,3,8H2,1-2H3,(H,19,21)(H,20,24,25). The van der Waals surface area contributed by atoms with E-state index in [0.717, 1.165) is 12.0 Å². The summed E-state index contributed by atoms with van der Waals surface area (Å²) in [6.07, 6.45) is 2.42. The van der Waals surface area contributed by atoms with Crippen LogP contribution in [0.5, 0.6) is 0 Å². The second kappa shape index (κ2) is 6.94. The van der Waals surface area contributed by atoms with Gasteiger partial charge in [-0.15, -0.1) is 0 Å². The number of nitrogens with one attached hydrogen (secondary N) is 2. The highest BCUT2D eigenvalue weighted by atomic mass is 35.5. The van der Waals surface area contributed by atoms with E-state index in [-0.39, 0.29) is 0 Å². The van der Waals surface area contributed by atoms with E-state index in [1.807, 2.05) is 19.1 Å². The van der Waals surface area contributed by atoms with Crippen molar-refractivity contribution in [3.63, 3.8) is 0 Å². The molecule has 0 amide bonds. The van der Waals surface area contributed by atoms with E-state index in [4.69, 9.17) is 11.6 Å². The quantitative estimate of drug-likeness (QED) is 0.536. The van der Waals surface area contributed by atoms with Gasteiger partial charge in [-0.05, 0) is 24.1 Å². The third kappa shape index (κ3) is 3.34. The molecule has 0 bridgehead atoms. The molecule has 25 heavy (non-hydrogen) atoms. The maximum Gasteiger partial charge on any atom is 0.329 e. The zero-order chi connectivity index (χ0) is 18.0. The highest BCUT2D eigenvalue weighted by Crippen LogP contribution is 2.16. The Morgan fingerprint density at radius 2 is 2.04 bits per heavy atom. The van der Waals surface area contributed by atoms with Crippen molar-refractivity contribution in [1.29, 1.82) is 0 Å². The number of aromatic amines is 1. The number of rotatable bonds is 5. The summed E-state index contributed by atoms with van der Waals surface area (Å²) in [5.41, 5.74) is 3.39. The number of H-pyrrole nitrogens is 1. The number of nitrogens with zero attached hydrogens (tertiary/aromatic N) is 4. The molecule has 0 aliphatic heterocycles. The van der Waals surface area contributed by atoms with Crippen LogP contribution in [-0.2, 0) is 13.6 Å². The molecule has 0 fully saturated rings. The molecule has 2 N–H and O–H groups in total. The summed E-state index contributed by atoms with van der Waals surface area (Å²) in [4.78, 5) is 30.6. The highest BCUT2D eigenvalue weighted by molar-refractivity contribution is 6.30. The predicted octanol–water partition coefficient (Wildman–Crippen LogP) is 1.93. The maximum atomic E-state index is 12.2. The molecular weight excluding hydrogens is 344 g/mol. The Morgan fingerprint density at radius 1 is 1.32 bits per heavy atom. The van der Waals surface area contributed by atoms with E-state index in [2.05, 4.69) is 20.5 Å². The second-order valence-corrected chi connectivity index (χ2v) is 5.94. The van der Waals surface area contributed by atoms with E-state index < -0.39 is 11.2 Å². The van der Waals surface area contributed by atoms with Crippen LogP contribution in [0.15, 0.2) is 39.0 Å². The number of halogens is 1. The normalized spacial score (nSPS) is 11.5. The number of hydrogen-bond acceptors (Lipinski definition) is 5. The van der Waals surface area contributed by atoms with Crippen molar-refractivity contribution in [2.75, 3.05) is 5.43 Å². The summed E-state index contributed by atoms with van der Waals surface area (Å²) >= 11 is 5.85. The topological polar surface area (TPSA) is 97.1 Å². The fourth-order valence-electron chi connectivity index (χ4n) is 2.47. The Bertz CT molecular complexity index is 1050. The van der Waals surface area contributed by atoms with Crippen LogP contribution in [0.25, 0.3) is 11.2 Å². The van der Waals surface area contributed by atoms with Crippen LogP contribution in [-0.4, -0.2) is 25.3 Å². The fourth-order valence-corrected chi connectivity index (χ4v) is 2.60. The number of benzene rings is 1. The number of fused-ring (bicyclic) bond motifs is 1. The summed E-state index contributed by atoms with van der Waals surface area (Å²) in [5.74, 6) is 0.397. The molecule has 0 saturated heterocycles. The van der Waals surface area contributed by atoms with Crippen LogP contribution >= 0.6 is 11.6 Å². The molecule has 0 atom stereocenters. The van der Waals surface area contributed by atoms with Crippen LogP contribution in [0.3, 0.4) is 0 Å². The first-order valence-electron chi connectivity index (χ1n) is 7.75. The molecule has 0 spiro atoms. The second-order valence-electron chi connectivity index (χ2n) is 5.50. The number of imidazole rings is 1. The van der Waals surface area contributed by atoms with Gasteiger partial charge in [0.15, 0.2) is 11.2 Å².